The highest BCUT2D eigenvalue weighted by Gasteiger charge is 2.18. The van der Waals surface area contributed by atoms with Crippen LogP contribution in [0.3, 0.4) is 0 Å². The number of esters is 1. The molecule has 0 aliphatic heterocycles. The van der Waals surface area contributed by atoms with Crippen LogP contribution in [0, 0.1) is 0 Å². The third-order valence-electron chi connectivity index (χ3n) is 1.50. The van der Waals surface area contributed by atoms with Crippen LogP contribution in [-0.4, -0.2) is 17.7 Å². The minimum Gasteiger partial charge on any atom is -0.444 e. The summed E-state index contributed by atoms with van der Waals surface area (Å²) in [5.41, 5.74) is -0.567. The normalized spacial score (nSPS) is 10.8. The van der Waals surface area contributed by atoms with Crippen molar-refractivity contribution >= 4 is 28.4 Å². The number of amides is 1. The first-order valence-electron chi connectivity index (χ1n) is 5.04. The Bertz CT molecular complexity index is 419. The lowest BCUT2D eigenvalue weighted by atomic mass is 10.2. The largest absolute Gasteiger partial charge is 0.444 e. The van der Waals surface area contributed by atoms with E-state index in [2.05, 4.69) is 5.32 Å². The Morgan fingerprint density at radius 3 is 2.53 bits per heavy atom. The minimum absolute atomic E-state index is 0.327. The van der Waals surface area contributed by atoms with Crippen molar-refractivity contribution in [2.45, 2.75) is 33.3 Å². The molecule has 0 fully saturated rings. The molecule has 0 saturated carbocycles. The van der Waals surface area contributed by atoms with Gasteiger partial charge < -0.3 is 9.47 Å². The summed E-state index contributed by atoms with van der Waals surface area (Å²) in [7, 11) is 0. The zero-order valence-corrected chi connectivity index (χ0v) is 11.0. The molecule has 1 heterocycles. The molecule has 0 aliphatic carbocycles. The first-order valence-corrected chi connectivity index (χ1v) is 5.92. The van der Waals surface area contributed by atoms with E-state index in [1.165, 1.54) is 18.3 Å². The first kappa shape index (κ1) is 13.5. The Kier molecular flexibility index (Phi) is 4.11. The Balaban J connectivity index is 2.65. The second kappa shape index (κ2) is 5.18. The lowest BCUT2D eigenvalue weighted by Gasteiger charge is -2.19. The van der Waals surface area contributed by atoms with Gasteiger partial charge in [0.1, 0.15) is 10.6 Å². The van der Waals surface area contributed by atoms with Crippen molar-refractivity contribution in [2.75, 3.05) is 5.32 Å². The number of carbonyl (C=O) groups is 2. The number of hydrogen-bond donors (Lipinski definition) is 1. The maximum atomic E-state index is 11.5. The third kappa shape index (κ3) is 4.86. The number of ether oxygens (including phenoxy) is 2. The molecule has 1 amide bonds. The summed E-state index contributed by atoms with van der Waals surface area (Å²) in [6, 6.07) is 1.61. The van der Waals surface area contributed by atoms with Gasteiger partial charge in [-0.3, -0.25) is 10.1 Å². The Morgan fingerprint density at radius 2 is 2.00 bits per heavy atom. The molecular formula is C11H15NO4S. The van der Waals surface area contributed by atoms with Crippen LogP contribution in [0.2, 0.25) is 0 Å². The molecule has 5 nitrogen and oxygen atoms in total. The van der Waals surface area contributed by atoms with E-state index in [1.807, 2.05) is 0 Å². The fourth-order valence-corrected chi connectivity index (χ4v) is 1.72. The van der Waals surface area contributed by atoms with E-state index in [-0.39, 0.29) is 0 Å². The van der Waals surface area contributed by atoms with Crippen molar-refractivity contribution in [3.63, 3.8) is 0 Å². The molecule has 0 unspecified atom stereocenters. The van der Waals surface area contributed by atoms with Gasteiger partial charge >= 0.3 is 12.1 Å². The van der Waals surface area contributed by atoms with Gasteiger partial charge in [0.05, 0.1) is 0 Å². The predicted molar refractivity (Wildman–Crippen MR) is 65.5 cm³/mol. The van der Waals surface area contributed by atoms with Crippen LogP contribution in [0.5, 0.6) is 5.75 Å². The summed E-state index contributed by atoms with van der Waals surface area (Å²) < 4.78 is 10.0. The Labute approximate surface area is 104 Å². The highest BCUT2D eigenvalue weighted by Crippen LogP contribution is 2.31. The molecule has 1 aromatic rings. The summed E-state index contributed by atoms with van der Waals surface area (Å²) in [6.45, 7) is 6.62. The summed E-state index contributed by atoms with van der Waals surface area (Å²) in [5, 5.41) is 4.70. The van der Waals surface area contributed by atoms with E-state index >= 15 is 0 Å². The van der Waals surface area contributed by atoms with Gasteiger partial charge in [-0.15, -0.1) is 11.3 Å². The number of thiophene rings is 1. The average Bonchev–Trinajstić information content (AvgIpc) is 2.47. The Hall–Kier alpha value is -1.56. The van der Waals surface area contributed by atoms with Crippen LogP contribution in [0.25, 0.3) is 0 Å². The van der Waals surface area contributed by atoms with Gasteiger partial charge in [0.25, 0.3) is 0 Å². The monoisotopic (exact) mass is 257 g/mol. The summed E-state index contributed by atoms with van der Waals surface area (Å²) >= 11 is 1.26. The van der Waals surface area contributed by atoms with Crippen molar-refractivity contribution in [2.24, 2.45) is 0 Å². The molecule has 6 heteroatoms. The quantitative estimate of drug-likeness (QED) is 0.827. The van der Waals surface area contributed by atoms with Gasteiger partial charge in [-0.1, -0.05) is 0 Å². The minimum atomic E-state index is -0.576. The first-order chi connectivity index (χ1) is 7.78. The van der Waals surface area contributed by atoms with Crippen LogP contribution in [0.1, 0.15) is 27.7 Å². The zero-order valence-electron chi connectivity index (χ0n) is 10.2. The molecule has 0 atom stereocenters. The molecule has 0 aromatic carbocycles. The molecule has 1 aromatic heterocycles. The van der Waals surface area contributed by atoms with Gasteiger partial charge in [-0.05, 0) is 32.2 Å². The molecule has 1 rings (SSSR count). The molecule has 17 heavy (non-hydrogen) atoms. The standard InChI is InChI=1S/C11H15NO4S/c1-7(13)15-8-5-6-17-9(8)12-10(14)16-11(2,3)4/h5-6H,1-4H3,(H,12,14). The van der Waals surface area contributed by atoms with Gasteiger partial charge in [0, 0.05) is 6.92 Å². The maximum absolute atomic E-state index is 11.5. The topological polar surface area (TPSA) is 64.6 Å². The van der Waals surface area contributed by atoms with E-state index < -0.39 is 17.7 Å². The number of carbonyl (C=O) groups excluding carboxylic acids is 2. The highest BCUT2D eigenvalue weighted by molar-refractivity contribution is 7.14. The van der Waals surface area contributed by atoms with Gasteiger partial charge in [0.2, 0.25) is 0 Å². The van der Waals surface area contributed by atoms with E-state index in [4.69, 9.17) is 9.47 Å². The van der Waals surface area contributed by atoms with Crippen molar-refractivity contribution in [1.29, 1.82) is 0 Å². The summed E-state index contributed by atoms with van der Waals surface area (Å²) in [4.78, 5) is 22.3. The Morgan fingerprint density at radius 1 is 1.35 bits per heavy atom. The van der Waals surface area contributed by atoms with Crippen LogP contribution in [-0.2, 0) is 9.53 Å². The fourth-order valence-electron chi connectivity index (χ4n) is 1.02. The molecular weight excluding hydrogens is 242 g/mol. The lowest BCUT2D eigenvalue weighted by Crippen LogP contribution is -2.27. The lowest BCUT2D eigenvalue weighted by molar-refractivity contribution is -0.131. The van der Waals surface area contributed by atoms with Crippen molar-refractivity contribution in [1.82, 2.24) is 0 Å². The van der Waals surface area contributed by atoms with E-state index in [0.29, 0.717) is 10.8 Å². The van der Waals surface area contributed by atoms with Crippen LogP contribution in [0.15, 0.2) is 11.4 Å². The molecule has 0 radical (unpaired) electrons. The maximum Gasteiger partial charge on any atom is 0.412 e. The highest BCUT2D eigenvalue weighted by atomic mass is 32.1. The zero-order chi connectivity index (χ0) is 13.1. The fraction of sp³-hybridized carbons (Fsp3) is 0.455. The summed E-state index contributed by atoms with van der Waals surface area (Å²) in [5.74, 6) is -0.107. The van der Waals surface area contributed by atoms with Crippen molar-refractivity contribution < 1.29 is 19.1 Å². The third-order valence-corrected chi connectivity index (χ3v) is 2.31. The van der Waals surface area contributed by atoms with Crippen molar-refractivity contribution in [3.05, 3.63) is 11.4 Å². The second-order valence-electron chi connectivity index (χ2n) is 4.33. The van der Waals surface area contributed by atoms with Crippen LogP contribution < -0.4 is 10.1 Å². The molecule has 0 aliphatic rings. The van der Waals surface area contributed by atoms with Gasteiger partial charge in [-0.2, -0.15) is 0 Å². The average molecular weight is 257 g/mol. The summed E-state index contributed by atoms with van der Waals surface area (Å²) in [6.07, 6.45) is -0.576. The van der Waals surface area contributed by atoms with Gasteiger partial charge in [0.15, 0.2) is 5.75 Å². The van der Waals surface area contributed by atoms with Gasteiger partial charge in [-0.25, -0.2) is 4.79 Å². The number of nitrogens with one attached hydrogen (secondary N) is 1. The second-order valence-corrected chi connectivity index (χ2v) is 5.25. The molecule has 0 spiro atoms. The SMILES string of the molecule is CC(=O)Oc1ccsc1NC(=O)OC(C)(C)C. The predicted octanol–water partition coefficient (Wildman–Crippen LogP) is 3.02. The molecule has 0 saturated heterocycles. The smallest absolute Gasteiger partial charge is 0.412 e. The number of anilines is 1. The van der Waals surface area contributed by atoms with Crippen molar-refractivity contribution in [3.8, 4) is 5.75 Å². The molecule has 94 valence electrons. The van der Waals surface area contributed by atoms with Crippen LogP contribution >= 0.6 is 11.3 Å². The molecule has 1 N–H and O–H groups in total. The number of hydrogen-bond acceptors (Lipinski definition) is 5. The van der Waals surface area contributed by atoms with E-state index in [0.717, 1.165) is 0 Å². The van der Waals surface area contributed by atoms with E-state index in [9.17, 15) is 9.59 Å². The number of rotatable bonds is 2. The molecule has 0 bridgehead atoms. The van der Waals surface area contributed by atoms with Crippen LogP contribution in [0.4, 0.5) is 9.80 Å². The van der Waals surface area contributed by atoms with E-state index in [1.54, 1.807) is 32.2 Å².